The maximum atomic E-state index is 13.0. The number of benzene rings is 1. The van der Waals surface area contributed by atoms with Crippen LogP contribution in [0.2, 0.25) is 0 Å². The van der Waals surface area contributed by atoms with Gasteiger partial charge >= 0.3 is 0 Å². The van der Waals surface area contributed by atoms with Crippen molar-refractivity contribution in [3.05, 3.63) is 29.6 Å². The van der Waals surface area contributed by atoms with Crippen LogP contribution >= 0.6 is 0 Å². The van der Waals surface area contributed by atoms with Gasteiger partial charge in [0.25, 0.3) is 5.91 Å². The van der Waals surface area contributed by atoms with E-state index in [2.05, 4.69) is 0 Å². The van der Waals surface area contributed by atoms with Gasteiger partial charge in [-0.25, -0.2) is 4.39 Å². The number of aliphatic hydroxyl groups is 1. The number of anilines is 1. The normalized spacial score (nSPS) is 24.1. The zero-order valence-electron chi connectivity index (χ0n) is 11.0. The van der Waals surface area contributed by atoms with E-state index in [0.717, 1.165) is 12.5 Å². The van der Waals surface area contributed by atoms with Gasteiger partial charge in [0.15, 0.2) is 0 Å². The number of likely N-dealkylation sites (tertiary alicyclic amines) is 1. The van der Waals surface area contributed by atoms with E-state index in [1.807, 2.05) is 0 Å². The number of carbonyl (C=O) groups excluding carboxylic acids is 1. The van der Waals surface area contributed by atoms with Crippen LogP contribution in [0.5, 0.6) is 0 Å². The Morgan fingerprint density at radius 1 is 1.42 bits per heavy atom. The highest BCUT2D eigenvalue weighted by atomic mass is 19.1. The van der Waals surface area contributed by atoms with Gasteiger partial charge in [0.05, 0.1) is 11.2 Å². The van der Waals surface area contributed by atoms with E-state index in [9.17, 15) is 14.3 Å². The molecule has 0 bridgehead atoms. The van der Waals surface area contributed by atoms with Gasteiger partial charge in [0.1, 0.15) is 5.82 Å². The van der Waals surface area contributed by atoms with Crippen LogP contribution in [0.15, 0.2) is 18.2 Å². The summed E-state index contributed by atoms with van der Waals surface area (Å²) < 4.78 is 13.0. The van der Waals surface area contributed by atoms with Gasteiger partial charge in [-0.2, -0.15) is 0 Å². The second-order valence-corrected chi connectivity index (χ2v) is 5.37. The van der Waals surface area contributed by atoms with Crippen LogP contribution in [0.4, 0.5) is 10.1 Å². The molecule has 1 aromatic carbocycles. The Morgan fingerprint density at radius 2 is 2.16 bits per heavy atom. The molecule has 5 heteroatoms. The van der Waals surface area contributed by atoms with Crippen LogP contribution < -0.4 is 5.73 Å². The average molecular weight is 266 g/mol. The lowest BCUT2D eigenvalue weighted by Gasteiger charge is -2.23. The lowest BCUT2D eigenvalue weighted by molar-refractivity contribution is 0.0438. The van der Waals surface area contributed by atoms with E-state index in [0.29, 0.717) is 31.5 Å². The number of hydrogen-bond donors (Lipinski definition) is 2. The highest BCUT2D eigenvalue weighted by Crippen LogP contribution is 2.23. The molecule has 0 saturated carbocycles. The summed E-state index contributed by atoms with van der Waals surface area (Å²) >= 11 is 0. The smallest absolute Gasteiger partial charge is 0.255 e. The maximum absolute atomic E-state index is 13.0. The first-order chi connectivity index (χ1) is 8.89. The molecule has 0 aromatic heterocycles. The summed E-state index contributed by atoms with van der Waals surface area (Å²) in [6, 6.07) is 3.80. The van der Waals surface area contributed by atoms with Gasteiger partial charge in [-0.15, -0.1) is 0 Å². The molecule has 0 radical (unpaired) electrons. The number of nitrogens with two attached hydrogens (primary N) is 1. The molecule has 1 saturated heterocycles. The highest BCUT2D eigenvalue weighted by Gasteiger charge is 2.28. The van der Waals surface area contributed by atoms with Gasteiger partial charge < -0.3 is 15.7 Å². The maximum Gasteiger partial charge on any atom is 0.255 e. The summed E-state index contributed by atoms with van der Waals surface area (Å²) in [7, 11) is 0. The summed E-state index contributed by atoms with van der Waals surface area (Å²) in [6.07, 6.45) is 1.97. The fraction of sp³-hybridized carbons (Fsp3) is 0.500. The minimum Gasteiger partial charge on any atom is -0.398 e. The third-order valence-corrected chi connectivity index (χ3v) is 3.59. The molecule has 3 N–H and O–H groups in total. The van der Waals surface area contributed by atoms with Gasteiger partial charge in [0, 0.05) is 18.8 Å². The summed E-state index contributed by atoms with van der Waals surface area (Å²) in [5.74, 6) is -0.650. The van der Waals surface area contributed by atoms with E-state index in [-0.39, 0.29) is 11.6 Å². The van der Waals surface area contributed by atoms with Gasteiger partial charge in [-0.3, -0.25) is 4.79 Å². The van der Waals surface area contributed by atoms with Crippen LogP contribution in [0.25, 0.3) is 0 Å². The fourth-order valence-electron chi connectivity index (χ4n) is 2.37. The van der Waals surface area contributed by atoms with Crippen molar-refractivity contribution in [3.8, 4) is 0 Å². The Bertz CT molecular complexity index is 488. The average Bonchev–Trinajstić information content (AvgIpc) is 2.49. The first kappa shape index (κ1) is 13.8. The van der Waals surface area contributed by atoms with Crippen molar-refractivity contribution in [1.29, 1.82) is 0 Å². The minimum atomic E-state index is -0.719. The minimum absolute atomic E-state index is 0.154. The quantitative estimate of drug-likeness (QED) is 0.761. The van der Waals surface area contributed by atoms with Gasteiger partial charge in [0.2, 0.25) is 0 Å². The Balaban J connectivity index is 2.15. The SMILES string of the molecule is CC1(O)CCCN(C(=O)c2ccc(F)cc2N)CC1. The second kappa shape index (κ2) is 5.17. The lowest BCUT2D eigenvalue weighted by atomic mass is 9.98. The third-order valence-electron chi connectivity index (χ3n) is 3.59. The molecule has 1 atom stereocenters. The molecule has 1 aliphatic rings. The van der Waals surface area contributed by atoms with E-state index in [1.54, 1.807) is 11.8 Å². The molecule has 19 heavy (non-hydrogen) atoms. The molecule has 4 nitrogen and oxygen atoms in total. The Morgan fingerprint density at radius 3 is 2.84 bits per heavy atom. The number of nitrogen functional groups attached to an aromatic ring is 1. The number of nitrogens with zero attached hydrogens (tertiary/aromatic N) is 1. The highest BCUT2D eigenvalue weighted by molar-refractivity contribution is 5.99. The molecule has 1 unspecified atom stereocenters. The predicted octanol–water partition coefficient (Wildman–Crippen LogP) is 1.79. The molecule has 104 valence electrons. The van der Waals surface area contributed by atoms with Gasteiger partial charge in [-0.05, 0) is 44.4 Å². The molecule has 0 spiro atoms. The fourth-order valence-corrected chi connectivity index (χ4v) is 2.37. The first-order valence-corrected chi connectivity index (χ1v) is 6.46. The largest absolute Gasteiger partial charge is 0.398 e. The molecule has 1 fully saturated rings. The van der Waals surface area contributed by atoms with Crippen LogP contribution in [0.3, 0.4) is 0 Å². The topological polar surface area (TPSA) is 66.6 Å². The third kappa shape index (κ3) is 3.23. The second-order valence-electron chi connectivity index (χ2n) is 5.37. The zero-order valence-corrected chi connectivity index (χ0v) is 11.0. The summed E-state index contributed by atoms with van der Waals surface area (Å²) in [6.45, 7) is 2.86. The van der Waals surface area contributed by atoms with E-state index >= 15 is 0 Å². The molecular weight excluding hydrogens is 247 g/mol. The van der Waals surface area contributed by atoms with Crippen molar-refractivity contribution in [2.45, 2.75) is 31.8 Å². The van der Waals surface area contributed by atoms with Crippen molar-refractivity contribution >= 4 is 11.6 Å². The molecule has 1 aromatic rings. The Hall–Kier alpha value is -1.62. The first-order valence-electron chi connectivity index (χ1n) is 6.46. The molecule has 0 aliphatic carbocycles. The zero-order chi connectivity index (χ0) is 14.0. The van der Waals surface area contributed by atoms with Crippen molar-refractivity contribution < 1.29 is 14.3 Å². The Kier molecular flexibility index (Phi) is 3.75. The number of rotatable bonds is 1. The number of amides is 1. The van der Waals surface area contributed by atoms with Crippen LogP contribution in [-0.2, 0) is 0 Å². The van der Waals surface area contributed by atoms with Crippen LogP contribution in [0, 0.1) is 5.82 Å². The van der Waals surface area contributed by atoms with E-state index in [4.69, 9.17) is 5.73 Å². The number of halogens is 1. The van der Waals surface area contributed by atoms with Crippen LogP contribution in [-0.4, -0.2) is 34.6 Å². The van der Waals surface area contributed by atoms with Gasteiger partial charge in [-0.1, -0.05) is 0 Å². The van der Waals surface area contributed by atoms with Crippen LogP contribution in [0.1, 0.15) is 36.5 Å². The molecular formula is C14H19FN2O2. The molecule has 2 rings (SSSR count). The molecule has 1 amide bonds. The van der Waals surface area contributed by atoms with E-state index in [1.165, 1.54) is 12.1 Å². The van der Waals surface area contributed by atoms with Crippen molar-refractivity contribution in [3.63, 3.8) is 0 Å². The monoisotopic (exact) mass is 266 g/mol. The Labute approximate surface area is 112 Å². The van der Waals surface area contributed by atoms with Crippen molar-refractivity contribution in [2.24, 2.45) is 0 Å². The van der Waals surface area contributed by atoms with E-state index < -0.39 is 11.4 Å². The lowest BCUT2D eigenvalue weighted by Crippen LogP contribution is -2.34. The summed E-state index contributed by atoms with van der Waals surface area (Å²) in [4.78, 5) is 14.0. The standard InChI is InChI=1S/C14H19FN2O2/c1-14(19)5-2-7-17(8-6-14)13(18)11-4-3-10(15)9-12(11)16/h3-4,9,19H,2,5-8,16H2,1H3. The number of hydrogen-bond acceptors (Lipinski definition) is 3. The molecule has 1 heterocycles. The number of carbonyl (C=O) groups is 1. The summed E-state index contributed by atoms with van der Waals surface area (Å²) in [5, 5.41) is 10.0. The molecule has 1 aliphatic heterocycles. The van der Waals surface area contributed by atoms with Crippen molar-refractivity contribution in [1.82, 2.24) is 4.90 Å². The van der Waals surface area contributed by atoms with Crippen molar-refractivity contribution in [2.75, 3.05) is 18.8 Å². The predicted molar refractivity (Wildman–Crippen MR) is 71.2 cm³/mol. The summed E-state index contributed by atoms with van der Waals surface area (Å²) in [5.41, 5.74) is 5.44.